The van der Waals surface area contributed by atoms with Crippen molar-refractivity contribution in [2.45, 2.75) is 66.6 Å². The minimum absolute atomic E-state index is 0.0669. The summed E-state index contributed by atoms with van der Waals surface area (Å²) in [4.78, 5) is 12.4. The fourth-order valence-electron chi connectivity index (χ4n) is 2.77. The van der Waals surface area contributed by atoms with Crippen LogP contribution < -0.4 is 0 Å². The second kappa shape index (κ2) is 6.56. The molecule has 0 saturated heterocycles. The van der Waals surface area contributed by atoms with Gasteiger partial charge in [0.05, 0.1) is 12.0 Å². The Labute approximate surface area is 117 Å². The molecule has 3 heteroatoms. The van der Waals surface area contributed by atoms with Crippen LogP contribution in [0.2, 0.25) is 0 Å². The SMILES string of the molecule is CC[C@@H](O)[C@@H](C)C1=C(C)C(=O)[C@@H](C)[C@H]([C@@H](C)CC)O1. The summed E-state index contributed by atoms with van der Waals surface area (Å²) in [5, 5.41) is 10.0. The molecule has 1 rings (SSSR count). The van der Waals surface area contributed by atoms with Gasteiger partial charge in [-0.3, -0.25) is 4.79 Å². The largest absolute Gasteiger partial charge is 0.493 e. The van der Waals surface area contributed by atoms with Crippen molar-refractivity contribution in [2.75, 3.05) is 0 Å². The van der Waals surface area contributed by atoms with E-state index in [-0.39, 0.29) is 23.7 Å². The Hall–Kier alpha value is -0.830. The van der Waals surface area contributed by atoms with E-state index in [1.54, 1.807) is 0 Å². The predicted octanol–water partition coefficient (Wildman–Crippen LogP) is 3.32. The van der Waals surface area contributed by atoms with Gasteiger partial charge in [0.15, 0.2) is 5.78 Å². The van der Waals surface area contributed by atoms with E-state index in [2.05, 4.69) is 13.8 Å². The van der Waals surface area contributed by atoms with Crippen molar-refractivity contribution in [3.8, 4) is 0 Å². The Kier molecular flexibility index (Phi) is 5.60. The summed E-state index contributed by atoms with van der Waals surface area (Å²) in [6.45, 7) is 11.9. The normalized spacial score (nSPS) is 28.9. The van der Waals surface area contributed by atoms with E-state index in [4.69, 9.17) is 4.74 Å². The van der Waals surface area contributed by atoms with Crippen molar-refractivity contribution < 1.29 is 14.6 Å². The van der Waals surface area contributed by atoms with Crippen molar-refractivity contribution in [1.82, 2.24) is 0 Å². The third kappa shape index (κ3) is 3.19. The molecular weight excluding hydrogens is 240 g/mol. The first kappa shape index (κ1) is 16.2. The molecule has 5 atom stereocenters. The molecule has 0 aliphatic carbocycles. The first-order chi connectivity index (χ1) is 8.84. The smallest absolute Gasteiger partial charge is 0.168 e. The average molecular weight is 268 g/mol. The first-order valence-electron chi connectivity index (χ1n) is 7.44. The van der Waals surface area contributed by atoms with Crippen molar-refractivity contribution in [3.63, 3.8) is 0 Å². The molecule has 110 valence electrons. The third-order valence-corrected chi connectivity index (χ3v) is 4.52. The molecule has 19 heavy (non-hydrogen) atoms. The zero-order chi connectivity index (χ0) is 14.7. The molecule has 0 amide bonds. The zero-order valence-corrected chi connectivity index (χ0v) is 13.1. The molecule has 1 aliphatic rings. The fourth-order valence-corrected chi connectivity index (χ4v) is 2.77. The number of allylic oxidation sites excluding steroid dienone is 1. The van der Waals surface area contributed by atoms with Crippen LogP contribution in [0.1, 0.15) is 54.4 Å². The first-order valence-corrected chi connectivity index (χ1v) is 7.44. The standard InChI is InChI=1S/C16H28O3/c1-7-9(3)15-11(5)14(18)12(6)16(19-15)10(4)13(17)8-2/h9-11,13,15,17H,7-8H2,1-6H3/t9-,10+,11+,13+,15-/m0/s1. The molecule has 0 bridgehead atoms. The van der Waals surface area contributed by atoms with Gasteiger partial charge in [-0.05, 0) is 19.3 Å². The summed E-state index contributed by atoms with van der Waals surface area (Å²) in [6.07, 6.45) is 1.13. The molecule has 0 saturated carbocycles. The van der Waals surface area contributed by atoms with Crippen molar-refractivity contribution >= 4 is 5.78 Å². The van der Waals surface area contributed by atoms with Gasteiger partial charge >= 0.3 is 0 Å². The number of aliphatic hydroxyl groups is 1. The van der Waals surface area contributed by atoms with E-state index in [0.717, 1.165) is 6.42 Å². The highest BCUT2D eigenvalue weighted by Crippen LogP contribution is 2.35. The zero-order valence-electron chi connectivity index (χ0n) is 13.1. The highest BCUT2D eigenvalue weighted by Gasteiger charge is 2.38. The molecule has 1 aliphatic heterocycles. The second-order valence-electron chi connectivity index (χ2n) is 5.87. The summed E-state index contributed by atoms with van der Waals surface area (Å²) < 4.78 is 6.12. The molecular formula is C16H28O3. The van der Waals surface area contributed by atoms with Crippen LogP contribution in [-0.4, -0.2) is 23.1 Å². The number of hydrogen-bond acceptors (Lipinski definition) is 3. The van der Waals surface area contributed by atoms with Crippen LogP contribution in [0.5, 0.6) is 0 Å². The molecule has 3 nitrogen and oxygen atoms in total. The fraction of sp³-hybridized carbons (Fsp3) is 0.812. The maximum atomic E-state index is 12.4. The van der Waals surface area contributed by atoms with Gasteiger partial charge in [-0.25, -0.2) is 0 Å². The lowest BCUT2D eigenvalue weighted by Gasteiger charge is -2.37. The lowest BCUT2D eigenvalue weighted by molar-refractivity contribution is -0.128. The van der Waals surface area contributed by atoms with Crippen LogP contribution in [0.25, 0.3) is 0 Å². The number of rotatable bonds is 5. The molecule has 0 radical (unpaired) electrons. The molecule has 0 unspecified atom stereocenters. The van der Waals surface area contributed by atoms with E-state index in [1.807, 2.05) is 27.7 Å². The molecule has 1 heterocycles. The molecule has 0 aromatic carbocycles. The van der Waals surface area contributed by atoms with Gasteiger partial charge in [0.2, 0.25) is 0 Å². The minimum Gasteiger partial charge on any atom is -0.493 e. The van der Waals surface area contributed by atoms with Gasteiger partial charge in [0.25, 0.3) is 0 Å². The molecule has 0 fully saturated rings. The number of carbonyl (C=O) groups is 1. The van der Waals surface area contributed by atoms with Crippen LogP contribution in [0.4, 0.5) is 0 Å². The number of hydrogen-bond donors (Lipinski definition) is 1. The van der Waals surface area contributed by atoms with Gasteiger partial charge in [0, 0.05) is 11.5 Å². The van der Waals surface area contributed by atoms with Crippen molar-refractivity contribution in [2.24, 2.45) is 17.8 Å². The Balaban J connectivity index is 3.06. The summed E-state index contributed by atoms with van der Waals surface area (Å²) in [5.74, 6) is 0.996. The van der Waals surface area contributed by atoms with Crippen molar-refractivity contribution in [3.05, 3.63) is 11.3 Å². The van der Waals surface area contributed by atoms with Crippen LogP contribution in [0.15, 0.2) is 11.3 Å². The molecule has 0 aromatic rings. The predicted molar refractivity (Wildman–Crippen MR) is 76.7 cm³/mol. The van der Waals surface area contributed by atoms with E-state index < -0.39 is 6.10 Å². The quantitative estimate of drug-likeness (QED) is 0.832. The summed E-state index contributed by atoms with van der Waals surface area (Å²) in [7, 11) is 0. The topological polar surface area (TPSA) is 46.5 Å². The van der Waals surface area contributed by atoms with E-state index >= 15 is 0 Å². The average Bonchev–Trinajstić information content (AvgIpc) is 2.42. The Bertz CT molecular complexity index is 359. The summed E-state index contributed by atoms with van der Waals surface area (Å²) in [6, 6.07) is 0. The van der Waals surface area contributed by atoms with E-state index in [9.17, 15) is 9.90 Å². The van der Waals surface area contributed by atoms with Crippen LogP contribution in [0, 0.1) is 17.8 Å². The molecule has 0 spiro atoms. The number of carbonyl (C=O) groups excluding carboxylic acids is 1. The highest BCUT2D eigenvalue weighted by atomic mass is 16.5. The van der Waals surface area contributed by atoms with Crippen molar-refractivity contribution in [1.29, 1.82) is 0 Å². The summed E-state index contributed by atoms with van der Waals surface area (Å²) in [5.41, 5.74) is 0.687. The highest BCUT2D eigenvalue weighted by molar-refractivity contribution is 5.98. The number of ether oxygens (including phenoxy) is 1. The Morgan fingerprint density at radius 3 is 2.32 bits per heavy atom. The lowest BCUT2D eigenvalue weighted by Crippen LogP contribution is -2.40. The number of aliphatic hydroxyl groups excluding tert-OH is 1. The van der Waals surface area contributed by atoms with E-state index in [1.165, 1.54) is 0 Å². The summed E-state index contributed by atoms with van der Waals surface area (Å²) >= 11 is 0. The van der Waals surface area contributed by atoms with Gasteiger partial charge in [-0.2, -0.15) is 0 Å². The van der Waals surface area contributed by atoms with Gasteiger partial charge in [-0.1, -0.05) is 41.0 Å². The molecule has 0 aromatic heterocycles. The molecule has 1 N–H and O–H groups in total. The monoisotopic (exact) mass is 268 g/mol. The lowest BCUT2D eigenvalue weighted by atomic mass is 9.82. The van der Waals surface area contributed by atoms with Gasteiger partial charge in [-0.15, -0.1) is 0 Å². The number of Topliss-reactive ketones (excluding diaryl/α,β-unsaturated/α-hetero) is 1. The van der Waals surface area contributed by atoms with Crippen LogP contribution in [-0.2, 0) is 9.53 Å². The minimum atomic E-state index is -0.455. The van der Waals surface area contributed by atoms with Gasteiger partial charge < -0.3 is 9.84 Å². The maximum absolute atomic E-state index is 12.4. The van der Waals surface area contributed by atoms with E-state index in [0.29, 0.717) is 23.7 Å². The maximum Gasteiger partial charge on any atom is 0.168 e. The Morgan fingerprint density at radius 1 is 1.26 bits per heavy atom. The number of ketones is 1. The Morgan fingerprint density at radius 2 is 1.84 bits per heavy atom. The van der Waals surface area contributed by atoms with Gasteiger partial charge in [0.1, 0.15) is 11.9 Å². The third-order valence-electron chi connectivity index (χ3n) is 4.52. The second-order valence-corrected chi connectivity index (χ2v) is 5.87. The van der Waals surface area contributed by atoms with Crippen LogP contribution >= 0.6 is 0 Å². The van der Waals surface area contributed by atoms with Crippen LogP contribution in [0.3, 0.4) is 0 Å².